The van der Waals surface area contributed by atoms with Gasteiger partial charge in [-0.15, -0.1) is 0 Å². The second-order valence-corrected chi connectivity index (χ2v) is 4.83. The van der Waals surface area contributed by atoms with E-state index in [1.165, 1.54) is 5.56 Å². The molecule has 2 rings (SSSR count). The molecule has 1 aliphatic heterocycles. The molecule has 0 radical (unpaired) electrons. The van der Waals surface area contributed by atoms with Gasteiger partial charge < -0.3 is 4.74 Å². The maximum atomic E-state index is 5.65. The van der Waals surface area contributed by atoms with Gasteiger partial charge in [-0.25, -0.2) is 0 Å². The van der Waals surface area contributed by atoms with E-state index in [-0.39, 0.29) is 5.41 Å². The van der Waals surface area contributed by atoms with Crippen molar-refractivity contribution in [3.05, 3.63) is 35.9 Å². The van der Waals surface area contributed by atoms with Crippen LogP contribution in [0.2, 0.25) is 0 Å². The molecule has 1 aromatic carbocycles. The molecule has 0 unspecified atom stereocenters. The van der Waals surface area contributed by atoms with Gasteiger partial charge in [-0.2, -0.15) is 0 Å². The molecule has 0 fully saturated rings. The highest BCUT2D eigenvalue weighted by atomic mass is 16.5. The average Bonchev–Trinajstić information content (AvgIpc) is 2.23. The SMILES string of the molecule is CC1(C)CN=C(Cc2ccccc2)OC1. The minimum Gasteiger partial charge on any atom is -0.480 e. The van der Waals surface area contributed by atoms with Crippen molar-refractivity contribution in [1.82, 2.24) is 0 Å². The predicted octanol–water partition coefficient (Wildman–Crippen LogP) is 2.68. The summed E-state index contributed by atoms with van der Waals surface area (Å²) in [6.07, 6.45) is 0.816. The molecule has 0 aliphatic carbocycles. The van der Waals surface area contributed by atoms with Gasteiger partial charge in [0.05, 0.1) is 13.2 Å². The molecule has 0 amide bonds. The van der Waals surface area contributed by atoms with Gasteiger partial charge >= 0.3 is 0 Å². The van der Waals surface area contributed by atoms with Gasteiger partial charge in [0.15, 0.2) is 5.90 Å². The Morgan fingerprint density at radius 1 is 1.27 bits per heavy atom. The Morgan fingerprint density at radius 2 is 2.00 bits per heavy atom. The summed E-state index contributed by atoms with van der Waals surface area (Å²) in [7, 11) is 0. The van der Waals surface area contributed by atoms with Crippen molar-refractivity contribution in [3.63, 3.8) is 0 Å². The van der Waals surface area contributed by atoms with E-state index in [2.05, 4.69) is 31.0 Å². The fourth-order valence-electron chi connectivity index (χ4n) is 1.55. The Kier molecular flexibility index (Phi) is 2.76. The lowest BCUT2D eigenvalue weighted by molar-refractivity contribution is 0.153. The Hall–Kier alpha value is -1.31. The van der Waals surface area contributed by atoms with Crippen LogP contribution in [0.1, 0.15) is 19.4 Å². The average molecular weight is 203 g/mol. The first-order valence-corrected chi connectivity index (χ1v) is 5.36. The minimum absolute atomic E-state index is 0.195. The molecule has 0 saturated heterocycles. The summed E-state index contributed by atoms with van der Waals surface area (Å²) in [4.78, 5) is 4.47. The number of nitrogens with zero attached hydrogens (tertiary/aromatic N) is 1. The van der Waals surface area contributed by atoms with Crippen LogP contribution in [0.4, 0.5) is 0 Å². The van der Waals surface area contributed by atoms with Crippen molar-refractivity contribution in [1.29, 1.82) is 0 Å². The van der Waals surface area contributed by atoms with E-state index in [4.69, 9.17) is 4.74 Å². The van der Waals surface area contributed by atoms with E-state index in [0.717, 1.165) is 25.5 Å². The number of rotatable bonds is 2. The maximum absolute atomic E-state index is 5.65. The second kappa shape index (κ2) is 4.05. The molecule has 15 heavy (non-hydrogen) atoms. The lowest BCUT2D eigenvalue weighted by atomic mass is 9.94. The van der Waals surface area contributed by atoms with Crippen LogP contribution in [0.15, 0.2) is 35.3 Å². The lowest BCUT2D eigenvalue weighted by Gasteiger charge is -2.28. The third-order valence-electron chi connectivity index (χ3n) is 2.51. The van der Waals surface area contributed by atoms with Crippen LogP contribution in [-0.4, -0.2) is 19.0 Å². The van der Waals surface area contributed by atoms with Gasteiger partial charge in [0.1, 0.15) is 0 Å². The molecule has 2 nitrogen and oxygen atoms in total. The Bertz CT molecular complexity index is 354. The summed E-state index contributed by atoms with van der Waals surface area (Å²) < 4.78 is 5.65. The Labute approximate surface area is 91.0 Å². The number of benzene rings is 1. The summed E-state index contributed by atoms with van der Waals surface area (Å²) in [5, 5.41) is 0. The van der Waals surface area contributed by atoms with Crippen LogP contribution < -0.4 is 0 Å². The smallest absolute Gasteiger partial charge is 0.187 e. The summed E-state index contributed by atoms with van der Waals surface area (Å²) in [6.45, 7) is 6.00. The van der Waals surface area contributed by atoms with Crippen molar-refractivity contribution in [3.8, 4) is 0 Å². The van der Waals surface area contributed by atoms with Crippen molar-refractivity contribution in [2.45, 2.75) is 20.3 Å². The minimum atomic E-state index is 0.195. The Morgan fingerprint density at radius 3 is 2.60 bits per heavy atom. The maximum Gasteiger partial charge on any atom is 0.187 e. The zero-order chi connectivity index (χ0) is 10.7. The normalized spacial score (nSPS) is 19.2. The molecule has 0 N–H and O–H groups in total. The quantitative estimate of drug-likeness (QED) is 0.724. The molecular formula is C13H17NO. The fraction of sp³-hybridized carbons (Fsp3) is 0.462. The molecule has 0 bridgehead atoms. The number of aliphatic imine (C=N–C) groups is 1. The molecule has 1 aliphatic rings. The Balaban J connectivity index is 2.00. The fourth-order valence-corrected chi connectivity index (χ4v) is 1.55. The van der Waals surface area contributed by atoms with Crippen LogP contribution in [0.5, 0.6) is 0 Å². The standard InChI is InChI=1S/C13H17NO/c1-13(2)9-14-12(15-10-13)8-11-6-4-3-5-7-11/h3-7H,8-10H2,1-2H3. The van der Waals surface area contributed by atoms with Crippen molar-refractivity contribution < 1.29 is 4.74 Å². The third kappa shape index (κ3) is 2.82. The molecule has 0 spiro atoms. The van der Waals surface area contributed by atoms with Crippen molar-refractivity contribution in [2.75, 3.05) is 13.2 Å². The summed E-state index contributed by atoms with van der Waals surface area (Å²) in [6, 6.07) is 10.3. The van der Waals surface area contributed by atoms with E-state index in [0.29, 0.717) is 0 Å². The van der Waals surface area contributed by atoms with Crippen LogP contribution in [0.25, 0.3) is 0 Å². The first-order valence-electron chi connectivity index (χ1n) is 5.36. The first kappa shape index (κ1) is 10.2. The van der Waals surface area contributed by atoms with Gasteiger partial charge in [-0.3, -0.25) is 4.99 Å². The zero-order valence-electron chi connectivity index (χ0n) is 9.36. The van der Waals surface area contributed by atoms with E-state index < -0.39 is 0 Å². The highest BCUT2D eigenvalue weighted by Crippen LogP contribution is 2.20. The van der Waals surface area contributed by atoms with Crippen molar-refractivity contribution in [2.24, 2.45) is 10.4 Å². The molecule has 0 atom stereocenters. The predicted molar refractivity (Wildman–Crippen MR) is 62.2 cm³/mol. The highest BCUT2D eigenvalue weighted by molar-refractivity contribution is 5.79. The monoisotopic (exact) mass is 203 g/mol. The second-order valence-electron chi connectivity index (χ2n) is 4.83. The van der Waals surface area contributed by atoms with Crippen LogP contribution in [-0.2, 0) is 11.2 Å². The first-order chi connectivity index (χ1) is 7.16. The summed E-state index contributed by atoms with van der Waals surface area (Å²) in [5.41, 5.74) is 1.45. The lowest BCUT2D eigenvalue weighted by Crippen LogP contribution is -2.31. The van der Waals surface area contributed by atoms with Crippen LogP contribution >= 0.6 is 0 Å². The molecular weight excluding hydrogens is 186 g/mol. The molecule has 1 aromatic rings. The van der Waals surface area contributed by atoms with Crippen LogP contribution in [0, 0.1) is 5.41 Å². The highest BCUT2D eigenvalue weighted by Gasteiger charge is 2.23. The van der Waals surface area contributed by atoms with Gasteiger partial charge in [0.25, 0.3) is 0 Å². The molecule has 1 heterocycles. The van der Waals surface area contributed by atoms with E-state index >= 15 is 0 Å². The van der Waals surface area contributed by atoms with E-state index in [9.17, 15) is 0 Å². The summed E-state index contributed by atoms with van der Waals surface area (Å²) >= 11 is 0. The number of hydrogen-bond acceptors (Lipinski definition) is 2. The van der Waals surface area contributed by atoms with Gasteiger partial charge in [0.2, 0.25) is 0 Å². The molecule has 0 aromatic heterocycles. The molecule has 0 saturated carbocycles. The number of hydrogen-bond donors (Lipinski definition) is 0. The van der Waals surface area contributed by atoms with Crippen molar-refractivity contribution >= 4 is 5.90 Å². The van der Waals surface area contributed by atoms with E-state index in [1.807, 2.05) is 18.2 Å². The van der Waals surface area contributed by atoms with Gasteiger partial charge in [-0.1, -0.05) is 44.2 Å². The number of ether oxygens (including phenoxy) is 1. The topological polar surface area (TPSA) is 21.6 Å². The van der Waals surface area contributed by atoms with E-state index in [1.54, 1.807) is 0 Å². The van der Waals surface area contributed by atoms with Crippen LogP contribution in [0.3, 0.4) is 0 Å². The molecule has 2 heteroatoms. The summed E-state index contributed by atoms with van der Waals surface area (Å²) in [5.74, 6) is 0.875. The zero-order valence-corrected chi connectivity index (χ0v) is 9.36. The van der Waals surface area contributed by atoms with Gasteiger partial charge in [0, 0.05) is 11.8 Å². The van der Waals surface area contributed by atoms with Gasteiger partial charge in [-0.05, 0) is 5.56 Å². The largest absolute Gasteiger partial charge is 0.480 e. The third-order valence-corrected chi connectivity index (χ3v) is 2.51. The molecule has 80 valence electrons.